The number of aromatic nitrogens is 3. The van der Waals surface area contributed by atoms with Crippen LogP contribution in [0.5, 0.6) is 0 Å². The van der Waals surface area contributed by atoms with Crippen LogP contribution >= 0.6 is 11.6 Å². The van der Waals surface area contributed by atoms with Crippen LogP contribution in [0.25, 0.3) is 6.08 Å². The molecule has 0 spiro atoms. The lowest BCUT2D eigenvalue weighted by molar-refractivity contribution is 0.00578. The minimum absolute atomic E-state index is 0.388. The highest BCUT2D eigenvalue weighted by Gasteiger charge is 2.53. The van der Waals surface area contributed by atoms with Crippen LogP contribution in [0.3, 0.4) is 0 Å². The van der Waals surface area contributed by atoms with Gasteiger partial charge in [0.15, 0.2) is 0 Å². The molecule has 2 aromatic rings. The number of nitrogens with zero attached hydrogens (tertiary/aromatic N) is 3. The van der Waals surface area contributed by atoms with Crippen molar-refractivity contribution in [3.63, 3.8) is 0 Å². The molecule has 0 N–H and O–H groups in total. The first kappa shape index (κ1) is 18.1. The zero-order valence-electron chi connectivity index (χ0n) is 14.7. The van der Waals surface area contributed by atoms with Gasteiger partial charge in [0.2, 0.25) is 0 Å². The summed E-state index contributed by atoms with van der Waals surface area (Å²) in [5, 5.41) is 8.62. The van der Waals surface area contributed by atoms with Crippen molar-refractivity contribution in [1.82, 2.24) is 15.0 Å². The monoisotopic (exact) mass is 363 g/mol. The van der Waals surface area contributed by atoms with Crippen LogP contribution in [0.15, 0.2) is 36.2 Å². The molecule has 25 heavy (non-hydrogen) atoms. The lowest BCUT2D eigenvalue weighted by Gasteiger charge is -2.32. The molecule has 0 radical (unpaired) electrons. The van der Waals surface area contributed by atoms with Gasteiger partial charge in [0.05, 0.1) is 23.9 Å². The number of hydrogen-bond acceptors (Lipinski definition) is 4. The third kappa shape index (κ3) is 3.78. The van der Waals surface area contributed by atoms with E-state index >= 15 is 0 Å². The first-order valence-corrected chi connectivity index (χ1v) is 8.42. The molecule has 0 saturated carbocycles. The van der Waals surface area contributed by atoms with Crippen molar-refractivity contribution in [1.29, 1.82) is 0 Å². The lowest BCUT2D eigenvalue weighted by atomic mass is 9.87. The fraction of sp³-hybridized carbons (Fsp3) is 0.412. The van der Waals surface area contributed by atoms with E-state index in [-0.39, 0.29) is 0 Å². The van der Waals surface area contributed by atoms with Crippen LogP contribution in [0, 0.1) is 0 Å². The van der Waals surface area contributed by atoms with Crippen molar-refractivity contribution in [2.75, 3.05) is 0 Å². The highest BCUT2D eigenvalue weighted by atomic mass is 35.5. The normalized spacial score (nSPS) is 19.4. The Morgan fingerprint density at radius 1 is 1.24 bits per heavy atom. The van der Waals surface area contributed by atoms with Gasteiger partial charge in [-0.25, -0.2) is 9.07 Å². The van der Waals surface area contributed by atoms with E-state index in [1.807, 2.05) is 52.0 Å². The Morgan fingerprint density at radius 3 is 2.52 bits per heavy atom. The zero-order chi connectivity index (χ0) is 18.2. The highest BCUT2D eigenvalue weighted by Crippen LogP contribution is 2.38. The third-order valence-corrected chi connectivity index (χ3v) is 4.98. The molecule has 3 rings (SSSR count). The molecule has 0 unspecified atom stereocenters. The summed E-state index contributed by atoms with van der Waals surface area (Å²) in [6.45, 7) is 7.96. The van der Waals surface area contributed by atoms with E-state index < -0.39 is 24.0 Å². The molecule has 1 aromatic carbocycles. The Balaban J connectivity index is 1.73. The van der Waals surface area contributed by atoms with Crippen LogP contribution in [-0.4, -0.2) is 33.3 Å². The van der Waals surface area contributed by atoms with Gasteiger partial charge in [-0.15, -0.1) is 5.10 Å². The van der Waals surface area contributed by atoms with Gasteiger partial charge in [-0.05, 0) is 45.4 Å². The Morgan fingerprint density at radius 2 is 1.88 bits per heavy atom. The predicted molar refractivity (Wildman–Crippen MR) is 95.7 cm³/mol. The van der Waals surface area contributed by atoms with Gasteiger partial charge in [-0.2, -0.15) is 0 Å². The molecule has 1 aliphatic heterocycles. The lowest BCUT2D eigenvalue weighted by Crippen LogP contribution is -2.41. The van der Waals surface area contributed by atoms with Crippen LogP contribution in [0.2, 0.25) is 5.02 Å². The maximum atomic E-state index is 14.5. The largest absolute Gasteiger partial charge is 0.525 e. The predicted octanol–water partition coefficient (Wildman–Crippen LogP) is 3.92. The van der Waals surface area contributed by atoms with Gasteiger partial charge in [0.1, 0.15) is 11.4 Å². The second-order valence-corrected chi connectivity index (χ2v) is 7.46. The quantitative estimate of drug-likeness (QED) is 0.773. The van der Waals surface area contributed by atoms with Crippen molar-refractivity contribution < 1.29 is 13.7 Å². The van der Waals surface area contributed by atoms with Gasteiger partial charge in [-0.3, -0.25) is 0 Å². The molecule has 1 saturated heterocycles. The Hall–Kier alpha value is -1.70. The van der Waals surface area contributed by atoms with E-state index in [2.05, 4.69) is 10.3 Å². The Kier molecular flexibility index (Phi) is 4.75. The molecule has 1 aromatic heterocycles. The molecule has 0 bridgehead atoms. The average Bonchev–Trinajstić information content (AvgIpc) is 3.03. The number of halogens is 2. The molecule has 0 amide bonds. The second-order valence-electron chi connectivity index (χ2n) is 7.05. The average molecular weight is 364 g/mol. The van der Waals surface area contributed by atoms with Gasteiger partial charge in [0, 0.05) is 5.02 Å². The smallest absolute Gasteiger partial charge is 0.398 e. The van der Waals surface area contributed by atoms with Gasteiger partial charge in [0.25, 0.3) is 0 Å². The van der Waals surface area contributed by atoms with Crippen LogP contribution < -0.4 is 0 Å². The zero-order valence-corrected chi connectivity index (χ0v) is 15.4. The van der Waals surface area contributed by atoms with Gasteiger partial charge < -0.3 is 9.31 Å². The first-order chi connectivity index (χ1) is 11.7. The van der Waals surface area contributed by atoms with E-state index in [0.29, 0.717) is 17.3 Å². The molecule has 132 valence electrons. The topological polar surface area (TPSA) is 49.2 Å². The van der Waals surface area contributed by atoms with E-state index in [1.165, 1.54) is 6.08 Å². The van der Waals surface area contributed by atoms with Crippen molar-refractivity contribution in [2.45, 2.75) is 45.4 Å². The molecular weight excluding hydrogens is 343 g/mol. The van der Waals surface area contributed by atoms with Crippen molar-refractivity contribution in [3.05, 3.63) is 52.5 Å². The molecule has 1 fully saturated rings. The molecule has 0 atom stereocenters. The fourth-order valence-corrected chi connectivity index (χ4v) is 2.62. The molecule has 5 nitrogen and oxygen atoms in total. The molecular formula is C17H20BClFN3O2. The number of rotatable bonds is 4. The van der Waals surface area contributed by atoms with E-state index in [1.54, 1.807) is 10.9 Å². The molecule has 1 aliphatic rings. The number of hydrogen-bond donors (Lipinski definition) is 0. The van der Waals surface area contributed by atoms with Crippen LogP contribution in [0.4, 0.5) is 4.39 Å². The Bertz CT molecular complexity index is 791. The van der Waals surface area contributed by atoms with Gasteiger partial charge >= 0.3 is 7.12 Å². The third-order valence-electron chi connectivity index (χ3n) is 4.61. The highest BCUT2D eigenvalue weighted by molar-refractivity contribution is 6.54. The number of benzene rings is 1. The summed E-state index contributed by atoms with van der Waals surface area (Å²) >= 11 is 6.14. The maximum Gasteiger partial charge on any atom is 0.525 e. The second kappa shape index (κ2) is 6.55. The van der Waals surface area contributed by atoms with Crippen molar-refractivity contribution in [2.24, 2.45) is 0 Å². The summed E-state index contributed by atoms with van der Waals surface area (Å²) in [5.74, 6) is 0. The molecule has 0 aliphatic carbocycles. The van der Waals surface area contributed by atoms with E-state index in [9.17, 15) is 4.39 Å². The SMILES string of the molecule is CC1(C)OB(C(F)=Cc2cn(Cc3ccccc3Cl)nn2)OC1(C)C. The Labute approximate surface area is 151 Å². The summed E-state index contributed by atoms with van der Waals surface area (Å²) in [6.07, 6.45) is 2.92. The van der Waals surface area contributed by atoms with Crippen molar-refractivity contribution >= 4 is 24.8 Å². The summed E-state index contributed by atoms with van der Waals surface area (Å²) in [6, 6.07) is 7.48. The summed E-state index contributed by atoms with van der Waals surface area (Å²) in [4.78, 5) is 0. The maximum absolute atomic E-state index is 14.5. The van der Waals surface area contributed by atoms with E-state index in [4.69, 9.17) is 20.9 Å². The summed E-state index contributed by atoms with van der Waals surface area (Å²) in [7, 11) is -1.04. The summed E-state index contributed by atoms with van der Waals surface area (Å²) < 4.78 is 27.5. The molecule has 2 heterocycles. The van der Waals surface area contributed by atoms with Crippen LogP contribution in [-0.2, 0) is 15.9 Å². The molecule has 8 heteroatoms. The van der Waals surface area contributed by atoms with Crippen LogP contribution in [0.1, 0.15) is 39.0 Å². The fourth-order valence-electron chi connectivity index (χ4n) is 2.42. The van der Waals surface area contributed by atoms with Gasteiger partial charge in [-0.1, -0.05) is 35.0 Å². The standard InChI is InChI=1S/C17H20BClFN3O2/c1-16(2)17(3,4)25-18(24-16)15(20)9-13-11-23(22-21-13)10-12-7-5-6-8-14(12)19/h5-9,11H,10H2,1-4H3. The minimum atomic E-state index is -1.04. The van der Waals surface area contributed by atoms with Crippen molar-refractivity contribution in [3.8, 4) is 0 Å². The minimum Gasteiger partial charge on any atom is -0.398 e. The first-order valence-electron chi connectivity index (χ1n) is 8.04. The van der Waals surface area contributed by atoms with E-state index in [0.717, 1.165) is 5.56 Å². The summed E-state index contributed by atoms with van der Waals surface area (Å²) in [5.41, 5.74) is -0.423.